The summed E-state index contributed by atoms with van der Waals surface area (Å²) in [7, 11) is 0. The number of imide groups is 2. The molecule has 8 heteroatoms. The fraction of sp³-hybridized carbons (Fsp3) is 0.0500. The van der Waals surface area contributed by atoms with Gasteiger partial charge in [0.05, 0.1) is 10.7 Å². The van der Waals surface area contributed by atoms with Crippen molar-refractivity contribution in [2.75, 3.05) is 11.5 Å². The van der Waals surface area contributed by atoms with Crippen LogP contribution < -0.4 is 15.0 Å². The number of phenolic OH excluding ortho intramolecular Hbond substituents is 1. The molecule has 2 aromatic carbocycles. The topological polar surface area (TPSA) is 95.9 Å². The first-order valence-electron chi connectivity index (χ1n) is 8.14. The fourth-order valence-electron chi connectivity index (χ4n) is 2.53. The third kappa shape index (κ3) is 3.89. The highest BCUT2D eigenvalue weighted by Gasteiger charge is 2.36. The normalized spacial score (nSPS) is 15.5. The lowest BCUT2D eigenvalue weighted by Gasteiger charge is -2.26. The van der Waals surface area contributed by atoms with Crippen molar-refractivity contribution >= 4 is 41.2 Å². The molecule has 7 nitrogen and oxygen atoms in total. The van der Waals surface area contributed by atoms with Gasteiger partial charge in [-0.25, -0.2) is 9.69 Å². The SMILES string of the molecule is C=CCOc1ccc(/C=C2\C(=O)NC(=O)N(c3ccc(O)cc3)C2=O)cc1Cl. The number of rotatable bonds is 5. The highest BCUT2D eigenvalue weighted by molar-refractivity contribution is 6.39. The molecule has 1 heterocycles. The van der Waals surface area contributed by atoms with E-state index in [0.717, 1.165) is 4.90 Å². The molecule has 28 heavy (non-hydrogen) atoms. The summed E-state index contributed by atoms with van der Waals surface area (Å²) in [5, 5.41) is 11.8. The van der Waals surface area contributed by atoms with Crippen LogP contribution in [0.4, 0.5) is 10.5 Å². The number of carbonyl (C=O) groups is 3. The number of barbiturate groups is 1. The number of hydrogen-bond donors (Lipinski definition) is 2. The minimum Gasteiger partial charge on any atom is -0.508 e. The molecule has 0 atom stereocenters. The number of ether oxygens (including phenoxy) is 1. The molecule has 4 amide bonds. The average Bonchev–Trinajstić information content (AvgIpc) is 2.66. The lowest BCUT2D eigenvalue weighted by molar-refractivity contribution is -0.122. The van der Waals surface area contributed by atoms with Gasteiger partial charge < -0.3 is 9.84 Å². The van der Waals surface area contributed by atoms with E-state index in [4.69, 9.17) is 16.3 Å². The van der Waals surface area contributed by atoms with E-state index >= 15 is 0 Å². The number of urea groups is 1. The second-order valence-corrected chi connectivity index (χ2v) is 6.17. The summed E-state index contributed by atoms with van der Waals surface area (Å²) in [4.78, 5) is 37.9. The van der Waals surface area contributed by atoms with Gasteiger partial charge in [0.2, 0.25) is 0 Å². The van der Waals surface area contributed by atoms with Crippen molar-refractivity contribution in [2.24, 2.45) is 0 Å². The molecule has 0 radical (unpaired) electrons. The largest absolute Gasteiger partial charge is 0.508 e. The van der Waals surface area contributed by atoms with Gasteiger partial charge in [0.25, 0.3) is 11.8 Å². The Balaban J connectivity index is 1.93. The summed E-state index contributed by atoms with van der Waals surface area (Å²) in [5.41, 5.74) is 0.461. The standard InChI is InChI=1S/C20H15ClN2O5/c1-2-9-28-17-8-3-12(11-16(17)21)10-15-18(25)22-20(27)23(19(15)26)13-4-6-14(24)7-5-13/h2-8,10-11,24H,1,9H2,(H,22,25,27)/b15-10+. The van der Waals surface area contributed by atoms with Crippen LogP contribution >= 0.6 is 11.6 Å². The maximum absolute atomic E-state index is 12.8. The Hall–Kier alpha value is -3.58. The van der Waals surface area contributed by atoms with Crippen LogP contribution in [0.5, 0.6) is 11.5 Å². The molecule has 0 bridgehead atoms. The van der Waals surface area contributed by atoms with Crippen molar-refractivity contribution in [1.82, 2.24) is 5.32 Å². The van der Waals surface area contributed by atoms with E-state index in [9.17, 15) is 19.5 Å². The zero-order valence-electron chi connectivity index (χ0n) is 14.5. The Morgan fingerprint density at radius 2 is 1.86 bits per heavy atom. The molecule has 0 unspecified atom stereocenters. The van der Waals surface area contributed by atoms with Crippen molar-refractivity contribution in [2.45, 2.75) is 0 Å². The predicted molar refractivity (Wildman–Crippen MR) is 104 cm³/mol. The number of nitrogens with one attached hydrogen (secondary N) is 1. The third-order valence-electron chi connectivity index (χ3n) is 3.83. The minimum atomic E-state index is -0.871. The van der Waals surface area contributed by atoms with Crippen LogP contribution in [0.15, 0.2) is 60.7 Å². The summed E-state index contributed by atoms with van der Waals surface area (Å²) in [5.74, 6) is -1.19. The molecule has 0 aromatic heterocycles. The molecule has 0 spiro atoms. The van der Waals surface area contributed by atoms with Crippen molar-refractivity contribution in [1.29, 1.82) is 0 Å². The van der Waals surface area contributed by atoms with E-state index in [0.29, 0.717) is 16.3 Å². The van der Waals surface area contributed by atoms with E-state index < -0.39 is 17.8 Å². The number of benzene rings is 2. The van der Waals surface area contributed by atoms with Crippen LogP contribution in [0.25, 0.3) is 6.08 Å². The molecule has 1 aliphatic rings. The molecule has 3 rings (SSSR count). The number of carbonyl (C=O) groups excluding carboxylic acids is 3. The molecule has 0 saturated carbocycles. The molecule has 1 saturated heterocycles. The van der Waals surface area contributed by atoms with Gasteiger partial charge in [-0.05, 0) is 48.0 Å². The highest BCUT2D eigenvalue weighted by Crippen LogP contribution is 2.28. The van der Waals surface area contributed by atoms with Gasteiger partial charge >= 0.3 is 6.03 Å². The molecule has 142 valence electrons. The number of aromatic hydroxyl groups is 1. The van der Waals surface area contributed by atoms with Crippen LogP contribution in [0.3, 0.4) is 0 Å². The predicted octanol–water partition coefficient (Wildman–Crippen LogP) is 3.28. The van der Waals surface area contributed by atoms with Gasteiger partial charge in [0.15, 0.2) is 0 Å². The Morgan fingerprint density at radius 1 is 1.14 bits per heavy atom. The van der Waals surface area contributed by atoms with Crippen LogP contribution in [0.2, 0.25) is 5.02 Å². The van der Waals surface area contributed by atoms with Crippen molar-refractivity contribution in [3.05, 3.63) is 71.3 Å². The maximum Gasteiger partial charge on any atom is 0.335 e. The number of nitrogens with zero attached hydrogens (tertiary/aromatic N) is 1. The quantitative estimate of drug-likeness (QED) is 0.458. The number of phenols is 1. The van der Waals surface area contributed by atoms with Crippen LogP contribution in [0, 0.1) is 0 Å². The van der Waals surface area contributed by atoms with E-state index in [1.54, 1.807) is 18.2 Å². The number of amides is 4. The number of halogens is 1. The summed E-state index contributed by atoms with van der Waals surface area (Å²) < 4.78 is 5.38. The van der Waals surface area contributed by atoms with E-state index in [2.05, 4.69) is 11.9 Å². The smallest absolute Gasteiger partial charge is 0.335 e. The van der Waals surface area contributed by atoms with E-state index in [1.165, 1.54) is 36.4 Å². The summed E-state index contributed by atoms with van der Waals surface area (Å²) >= 11 is 6.16. The first kappa shape index (κ1) is 19.2. The Labute approximate surface area is 165 Å². The zero-order chi connectivity index (χ0) is 20.3. The zero-order valence-corrected chi connectivity index (χ0v) is 15.3. The minimum absolute atomic E-state index is 0.0196. The summed E-state index contributed by atoms with van der Waals surface area (Å²) in [6.07, 6.45) is 2.91. The highest BCUT2D eigenvalue weighted by atomic mass is 35.5. The second kappa shape index (κ2) is 7.98. The maximum atomic E-state index is 12.8. The molecule has 2 N–H and O–H groups in total. The molecular weight excluding hydrogens is 384 g/mol. The van der Waals surface area contributed by atoms with Gasteiger partial charge in [-0.3, -0.25) is 14.9 Å². The number of hydrogen-bond acceptors (Lipinski definition) is 5. The van der Waals surface area contributed by atoms with Crippen LogP contribution in [-0.2, 0) is 9.59 Å². The van der Waals surface area contributed by atoms with Crippen LogP contribution in [0.1, 0.15) is 5.56 Å². The molecular formula is C20H15ClN2O5. The third-order valence-corrected chi connectivity index (χ3v) is 4.13. The van der Waals surface area contributed by atoms with Gasteiger partial charge in [0.1, 0.15) is 23.7 Å². The first-order valence-corrected chi connectivity index (χ1v) is 8.52. The molecule has 0 aliphatic carbocycles. The molecule has 1 aliphatic heterocycles. The van der Waals surface area contributed by atoms with Crippen molar-refractivity contribution < 1.29 is 24.2 Å². The monoisotopic (exact) mass is 398 g/mol. The van der Waals surface area contributed by atoms with E-state index in [-0.39, 0.29) is 23.6 Å². The Kier molecular flexibility index (Phi) is 5.47. The lowest BCUT2D eigenvalue weighted by atomic mass is 10.1. The van der Waals surface area contributed by atoms with Gasteiger partial charge in [-0.2, -0.15) is 0 Å². The van der Waals surface area contributed by atoms with E-state index in [1.807, 2.05) is 0 Å². The Morgan fingerprint density at radius 3 is 2.50 bits per heavy atom. The molecule has 2 aromatic rings. The van der Waals surface area contributed by atoms with Crippen molar-refractivity contribution in [3.63, 3.8) is 0 Å². The fourth-order valence-corrected chi connectivity index (χ4v) is 2.78. The first-order chi connectivity index (χ1) is 13.4. The second-order valence-electron chi connectivity index (χ2n) is 5.76. The number of anilines is 1. The lowest BCUT2D eigenvalue weighted by Crippen LogP contribution is -2.54. The summed E-state index contributed by atoms with van der Waals surface area (Å²) in [6, 6.07) is 9.34. The molecule has 1 fully saturated rings. The van der Waals surface area contributed by atoms with Crippen LogP contribution in [-0.4, -0.2) is 29.6 Å². The summed E-state index contributed by atoms with van der Waals surface area (Å²) in [6.45, 7) is 3.84. The van der Waals surface area contributed by atoms with Gasteiger partial charge in [-0.15, -0.1) is 0 Å². The van der Waals surface area contributed by atoms with Gasteiger partial charge in [0, 0.05) is 0 Å². The van der Waals surface area contributed by atoms with Gasteiger partial charge in [-0.1, -0.05) is 30.3 Å². The average molecular weight is 399 g/mol. The van der Waals surface area contributed by atoms with Crippen molar-refractivity contribution in [3.8, 4) is 11.5 Å². The Bertz CT molecular complexity index is 998.